The van der Waals surface area contributed by atoms with Crippen LogP contribution in [0.15, 0.2) is 24.3 Å². The Morgan fingerprint density at radius 2 is 2.35 bits per heavy atom. The highest BCUT2D eigenvalue weighted by molar-refractivity contribution is 5.71. The fourth-order valence-corrected chi connectivity index (χ4v) is 2.56. The van der Waals surface area contributed by atoms with Crippen molar-refractivity contribution in [2.45, 2.75) is 32.2 Å². The van der Waals surface area contributed by atoms with Crippen LogP contribution in [0.1, 0.15) is 24.0 Å². The first-order valence-electron chi connectivity index (χ1n) is 6.18. The molecule has 1 fully saturated rings. The highest BCUT2D eigenvalue weighted by Crippen LogP contribution is 2.20. The Bertz CT molecular complexity index is 403. The number of hydrogen-bond donors (Lipinski definition) is 2. The Morgan fingerprint density at radius 1 is 1.53 bits per heavy atom. The maximum Gasteiger partial charge on any atom is 0.308 e. The average Bonchev–Trinajstić information content (AvgIpc) is 2.29. The van der Waals surface area contributed by atoms with Gasteiger partial charge in [0.25, 0.3) is 0 Å². The summed E-state index contributed by atoms with van der Waals surface area (Å²) in [5.41, 5.74) is 2.45. The molecule has 1 aromatic rings. The van der Waals surface area contributed by atoms with E-state index in [2.05, 4.69) is 30.4 Å². The third kappa shape index (κ3) is 3.07. The molecule has 1 heterocycles. The number of carbonyl (C=O) groups is 1. The van der Waals surface area contributed by atoms with Gasteiger partial charge in [-0.25, -0.2) is 0 Å². The van der Waals surface area contributed by atoms with E-state index < -0.39 is 5.97 Å². The highest BCUT2D eigenvalue weighted by atomic mass is 16.4. The lowest BCUT2D eigenvalue weighted by molar-refractivity contribution is -0.143. The molecule has 1 aliphatic rings. The molecule has 2 atom stereocenters. The quantitative estimate of drug-likeness (QED) is 0.839. The van der Waals surface area contributed by atoms with Gasteiger partial charge in [-0.05, 0) is 38.3 Å². The first kappa shape index (κ1) is 12.1. The molecule has 3 heteroatoms. The van der Waals surface area contributed by atoms with Crippen LogP contribution < -0.4 is 5.32 Å². The Hall–Kier alpha value is -1.35. The molecule has 1 saturated heterocycles. The minimum atomic E-state index is -0.671. The number of benzene rings is 1. The van der Waals surface area contributed by atoms with Gasteiger partial charge < -0.3 is 10.4 Å². The van der Waals surface area contributed by atoms with Gasteiger partial charge in [-0.1, -0.05) is 29.8 Å². The third-order valence-electron chi connectivity index (χ3n) is 3.44. The minimum Gasteiger partial charge on any atom is -0.481 e. The number of carboxylic acid groups (broad SMARTS) is 1. The number of hydrogen-bond acceptors (Lipinski definition) is 2. The largest absolute Gasteiger partial charge is 0.481 e. The fraction of sp³-hybridized carbons (Fsp3) is 0.500. The topological polar surface area (TPSA) is 49.3 Å². The zero-order valence-electron chi connectivity index (χ0n) is 10.1. The number of rotatable bonds is 3. The van der Waals surface area contributed by atoms with E-state index in [9.17, 15) is 9.90 Å². The van der Waals surface area contributed by atoms with Crippen LogP contribution in [-0.2, 0) is 11.2 Å². The maximum absolute atomic E-state index is 11.2. The molecule has 0 radical (unpaired) electrons. The summed E-state index contributed by atoms with van der Waals surface area (Å²) in [7, 11) is 0. The van der Waals surface area contributed by atoms with Gasteiger partial charge in [-0.15, -0.1) is 0 Å². The first-order chi connectivity index (χ1) is 8.16. The summed E-state index contributed by atoms with van der Waals surface area (Å²) in [6.45, 7) is 2.99. The minimum absolute atomic E-state index is 0.0723. The Kier molecular flexibility index (Phi) is 3.79. The molecule has 0 bridgehead atoms. The van der Waals surface area contributed by atoms with Crippen molar-refractivity contribution in [2.75, 3.05) is 6.54 Å². The van der Waals surface area contributed by atoms with Crippen LogP contribution in [0.4, 0.5) is 0 Å². The van der Waals surface area contributed by atoms with Crippen LogP contribution in [-0.4, -0.2) is 23.7 Å². The molecule has 2 unspecified atom stereocenters. The van der Waals surface area contributed by atoms with Crippen molar-refractivity contribution in [1.82, 2.24) is 5.32 Å². The molecule has 17 heavy (non-hydrogen) atoms. The predicted octanol–water partition coefficient (Wildman–Crippen LogP) is 1.99. The molecule has 0 aliphatic carbocycles. The Morgan fingerprint density at radius 3 is 3.06 bits per heavy atom. The van der Waals surface area contributed by atoms with Gasteiger partial charge in [0.2, 0.25) is 0 Å². The summed E-state index contributed by atoms with van der Waals surface area (Å²) in [5, 5.41) is 12.5. The normalized spacial score (nSPS) is 24.5. The van der Waals surface area contributed by atoms with Gasteiger partial charge >= 0.3 is 5.97 Å². The molecule has 2 N–H and O–H groups in total. The standard InChI is InChI=1S/C14H19NO2/c1-10-4-2-5-11(8-10)9-13-12(14(16)17)6-3-7-15-13/h2,4-5,8,12-13,15H,3,6-7,9H2,1H3,(H,16,17). The number of nitrogens with one attached hydrogen (secondary N) is 1. The molecule has 2 rings (SSSR count). The lowest BCUT2D eigenvalue weighted by atomic mass is 9.87. The molecule has 0 saturated carbocycles. The summed E-state index contributed by atoms with van der Waals surface area (Å²) in [5.74, 6) is -0.917. The second-order valence-corrected chi connectivity index (χ2v) is 4.84. The maximum atomic E-state index is 11.2. The van der Waals surface area contributed by atoms with Crippen molar-refractivity contribution in [2.24, 2.45) is 5.92 Å². The van der Waals surface area contributed by atoms with Gasteiger partial charge in [-0.2, -0.15) is 0 Å². The van der Waals surface area contributed by atoms with Crippen molar-refractivity contribution in [3.8, 4) is 0 Å². The van der Waals surface area contributed by atoms with E-state index in [1.165, 1.54) is 11.1 Å². The average molecular weight is 233 g/mol. The number of piperidine rings is 1. The molecular formula is C14H19NO2. The summed E-state index contributed by atoms with van der Waals surface area (Å²) in [6.07, 6.45) is 2.55. The van der Waals surface area contributed by atoms with Crippen LogP contribution in [0.3, 0.4) is 0 Å². The van der Waals surface area contributed by atoms with Crippen molar-refractivity contribution >= 4 is 5.97 Å². The number of carboxylic acids is 1. The van der Waals surface area contributed by atoms with E-state index in [0.717, 1.165) is 25.8 Å². The molecule has 92 valence electrons. The lowest BCUT2D eigenvalue weighted by Gasteiger charge is -2.30. The first-order valence-corrected chi connectivity index (χ1v) is 6.18. The fourth-order valence-electron chi connectivity index (χ4n) is 2.56. The van der Waals surface area contributed by atoms with E-state index >= 15 is 0 Å². The van der Waals surface area contributed by atoms with Gasteiger partial charge in [0, 0.05) is 6.04 Å². The molecule has 0 aromatic heterocycles. The van der Waals surface area contributed by atoms with Crippen LogP contribution in [0.2, 0.25) is 0 Å². The van der Waals surface area contributed by atoms with Crippen LogP contribution in [0.25, 0.3) is 0 Å². The Balaban J connectivity index is 2.08. The van der Waals surface area contributed by atoms with E-state index in [-0.39, 0.29) is 12.0 Å². The van der Waals surface area contributed by atoms with E-state index in [4.69, 9.17) is 0 Å². The van der Waals surface area contributed by atoms with E-state index in [1.54, 1.807) is 0 Å². The smallest absolute Gasteiger partial charge is 0.308 e. The summed E-state index contributed by atoms with van der Waals surface area (Å²) in [6, 6.07) is 8.37. The van der Waals surface area contributed by atoms with Crippen molar-refractivity contribution in [3.63, 3.8) is 0 Å². The summed E-state index contributed by atoms with van der Waals surface area (Å²) < 4.78 is 0. The second kappa shape index (κ2) is 5.32. The van der Waals surface area contributed by atoms with Crippen LogP contribution in [0.5, 0.6) is 0 Å². The zero-order chi connectivity index (χ0) is 12.3. The van der Waals surface area contributed by atoms with Crippen LogP contribution in [0, 0.1) is 12.8 Å². The van der Waals surface area contributed by atoms with Gasteiger partial charge in [0.05, 0.1) is 5.92 Å². The number of aryl methyl sites for hydroxylation is 1. The number of aliphatic carboxylic acids is 1. The molecule has 1 aromatic carbocycles. The molecule has 0 spiro atoms. The third-order valence-corrected chi connectivity index (χ3v) is 3.44. The molecule has 0 amide bonds. The molecular weight excluding hydrogens is 214 g/mol. The Labute approximate surface area is 102 Å². The van der Waals surface area contributed by atoms with Gasteiger partial charge in [0.1, 0.15) is 0 Å². The SMILES string of the molecule is Cc1cccc(CC2NCCCC2C(=O)O)c1. The van der Waals surface area contributed by atoms with Gasteiger partial charge in [0.15, 0.2) is 0 Å². The van der Waals surface area contributed by atoms with Crippen molar-refractivity contribution < 1.29 is 9.90 Å². The predicted molar refractivity (Wildman–Crippen MR) is 67.0 cm³/mol. The van der Waals surface area contributed by atoms with Crippen molar-refractivity contribution in [1.29, 1.82) is 0 Å². The van der Waals surface area contributed by atoms with Crippen molar-refractivity contribution in [3.05, 3.63) is 35.4 Å². The molecule has 1 aliphatic heterocycles. The monoisotopic (exact) mass is 233 g/mol. The summed E-state index contributed by atoms with van der Waals surface area (Å²) in [4.78, 5) is 11.2. The van der Waals surface area contributed by atoms with E-state index in [0.29, 0.717) is 0 Å². The zero-order valence-corrected chi connectivity index (χ0v) is 10.1. The summed E-state index contributed by atoms with van der Waals surface area (Å²) >= 11 is 0. The van der Waals surface area contributed by atoms with Gasteiger partial charge in [-0.3, -0.25) is 4.79 Å². The highest BCUT2D eigenvalue weighted by Gasteiger charge is 2.30. The van der Waals surface area contributed by atoms with Crippen LogP contribution >= 0.6 is 0 Å². The van der Waals surface area contributed by atoms with E-state index in [1.807, 2.05) is 6.07 Å². The lowest BCUT2D eigenvalue weighted by Crippen LogP contribution is -2.46. The molecule has 3 nitrogen and oxygen atoms in total. The second-order valence-electron chi connectivity index (χ2n) is 4.84.